The molecular formula is C27H35N4O4+. The first-order chi connectivity index (χ1) is 16.9. The van der Waals surface area contributed by atoms with Crippen LogP contribution in [0.2, 0.25) is 0 Å². The first-order valence-electron chi connectivity index (χ1n) is 12.8. The molecule has 8 heteroatoms. The Morgan fingerprint density at radius 3 is 2.31 bits per heavy atom. The molecular weight excluding hydrogens is 444 g/mol. The number of hydrogen-bond donors (Lipinski definition) is 2. The van der Waals surface area contributed by atoms with Gasteiger partial charge < -0.3 is 20.1 Å². The van der Waals surface area contributed by atoms with Crippen molar-refractivity contribution in [1.82, 2.24) is 9.97 Å². The quantitative estimate of drug-likeness (QED) is 0.466. The maximum absolute atomic E-state index is 13.8. The SMILES string of the molecule is NC(=O)C(c1cncnc1)[N+]12CCC(CC1)[C@@H](OC(=O)C(O)(c1ccccc1)C1CCCCC1)C2. The highest BCUT2D eigenvalue weighted by Crippen LogP contribution is 2.45. The number of rotatable bonds is 7. The molecule has 2 bridgehead atoms. The third-order valence-corrected chi connectivity index (χ3v) is 8.65. The van der Waals surface area contributed by atoms with Gasteiger partial charge in [-0.05, 0) is 18.4 Å². The number of carbonyl (C=O) groups is 2. The highest BCUT2D eigenvalue weighted by Gasteiger charge is 2.55. The average Bonchev–Trinajstić information content (AvgIpc) is 2.90. The van der Waals surface area contributed by atoms with E-state index in [1.54, 1.807) is 12.4 Å². The minimum atomic E-state index is -1.67. The predicted octanol–water partition coefficient (Wildman–Crippen LogP) is 2.62. The fourth-order valence-electron chi connectivity index (χ4n) is 6.82. The number of fused-ring (bicyclic) bond motifs is 3. The second-order valence-corrected chi connectivity index (χ2v) is 10.6. The molecule has 0 spiro atoms. The van der Waals surface area contributed by atoms with Crippen molar-refractivity contribution in [3.05, 3.63) is 60.2 Å². The van der Waals surface area contributed by atoms with Crippen molar-refractivity contribution >= 4 is 11.9 Å². The number of nitrogens with zero attached hydrogens (tertiary/aromatic N) is 3. The number of aromatic nitrogens is 2. The van der Waals surface area contributed by atoms with Crippen LogP contribution in [0.15, 0.2) is 49.1 Å². The minimum Gasteiger partial charge on any atom is -0.454 e. The maximum atomic E-state index is 13.8. The molecule has 8 nitrogen and oxygen atoms in total. The van der Waals surface area contributed by atoms with Crippen molar-refractivity contribution in [2.75, 3.05) is 19.6 Å². The van der Waals surface area contributed by atoms with Crippen molar-refractivity contribution in [3.8, 4) is 0 Å². The van der Waals surface area contributed by atoms with Gasteiger partial charge in [0.2, 0.25) is 0 Å². The highest BCUT2D eigenvalue weighted by molar-refractivity contribution is 5.82. The number of carbonyl (C=O) groups excluding carboxylic acids is 2. The zero-order valence-corrected chi connectivity index (χ0v) is 20.1. The van der Waals surface area contributed by atoms with Gasteiger partial charge in [-0.3, -0.25) is 4.79 Å². The largest absolute Gasteiger partial charge is 0.454 e. The van der Waals surface area contributed by atoms with Crippen LogP contribution in [0.1, 0.15) is 62.1 Å². The van der Waals surface area contributed by atoms with E-state index < -0.39 is 23.5 Å². The molecule has 35 heavy (non-hydrogen) atoms. The molecule has 1 aliphatic carbocycles. The summed E-state index contributed by atoms with van der Waals surface area (Å²) in [6, 6.07) is 8.63. The van der Waals surface area contributed by atoms with Gasteiger partial charge in [0.25, 0.3) is 5.91 Å². The lowest BCUT2D eigenvalue weighted by molar-refractivity contribution is -0.965. The van der Waals surface area contributed by atoms with Crippen LogP contribution in [0.5, 0.6) is 0 Å². The van der Waals surface area contributed by atoms with E-state index in [1.165, 1.54) is 6.33 Å². The number of hydrogen-bond acceptors (Lipinski definition) is 6. The summed E-state index contributed by atoms with van der Waals surface area (Å²) in [5, 5.41) is 11.9. The summed E-state index contributed by atoms with van der Waals surface area (Å²) in [4.78, 5) is 34.7. The third-order valence-electron chi connectivity index (χ3n) is 8.65. The van der Waals surface area contributed by atoms with E-state index in [4.69, 9.17) is 10.5 Å². The van der Waals surface area contributed by atoms with Gasteiger partial charge in [0.05, 0.1) is 18.7 Å². The summed E-state index contributed by atoms with van der Waals surface area (Å²) in [6.07, 6.45) is 10.7. The van der Waals surface area contributed by atoms with Gasteiger partial charge in [-0.25, -0.2) is 14.8 Å². The van der Waals surface area contributed by atoms with E-state index in [0.29, 0.717) is 22.2 Å². The molecule has 6 rings (SSSR count). The molecule has 3 saturated heterocycles. The third kappa shape index (κ3) is 4.34. The van der Waals surface area contributed by atoms with Crippen LogP contribution in [-0.2, 0) is 19.9 Å². The Bertz CT molecular complexity index is 1040. The standard InChI is InChI=1S/C27H34N4O4/c28-25(32)24(20-15-29-18-30-16-20)31-13-11-19(12-14-31)23(17-31)35-26(33)27(34,21-7-3-1-4-8-21)22-9-5-2-6-10-22/h1,3-4,7-8,15-16,18-19,22-24,34H,2,5-6,9-14,17H2,(H-,28,32)/p+1/t19?,23-,24?,27?,31?/m0/s1. The van der Waals surface area contributed by atoms with Crippen molar-refractivity contribution in [2.24, 2.45) is 17.6 Å². The van der Waals surface area contributed by atoms with Crippen LogP contribution in [0.4, 0.5) is 0 Å². The smallest absolute Gasteiger partial charge is 0.343 e. The lowest BCUT2D eigenvalue weighted by Crippen LogP contribution is -2.67. The Hall–Kier alpha value is -2.84. The summed E-state index contributed by atoms with van der Waals surface area (Å²) >= 11 is 0. The molecule has 4 heterocycles. The maximum Gasteiger partial charge on any atom is 0.343 e. The summed E-state index contributed by atoms with van der Waals surface area (Å²) in [6.45, 7) is 2.06. The number of esters is 1. The Balaban J connectivity index is 1.42. The number of benzene rings is 1. The molecule has 1 aromatic heterocycles. The summed E-state index contributed by atoms with van der Waals surface area (Å²) in [5.41, 5.74) is 5.52. The first kappa shape index (κ1) is 23.9. The van der Waals surface area contributed by atoms with Crippen molar-refractivity contribution in [3.63, 3.8) is 0 Å². The fraction of sp³-hybridized carbons (Fsp3) is 0.556. The van der Waals surface area contributed by atoms with Gasteiger partial charge in [-0.2, -0.15) is 0 Å². The molecule has 2 unspecified atom stereocenters. The Morgan fingerprint density at radius 2 is 1.69 bits per heavy atom. The number of quaternary nitrogens is 1. The van der Waals surface area contributed by atoms with Gasteiger partial charge in [0, 0.05) is 37.1 Å². The Kier molecular flexibility index (Phi) is 6.59. The average molecular weight is 480 g/mol. The van der Waals surface area contributed by atoms with E-state index in [2.05, 4.69) is 9.97 Å². The predicted molar refractivity (Wildman–Crippen MR) is 128 cm³/mol. The molecule has 3 atom stereocenters. The van der Waals surface area contributed by atoms with Gasteiger partial charge in [0.1, 0.15) is 12.9 Å². The zero-order valence-electron chi connectivity index (χ0n) is 20.1. The molecule has 3 aliphatic heterocycles. The van der Waals surface area contributed by atoms with Crippen LogP contribution in [-0.4, -0.2) is 57.2 Å². The van der Waals surface area contributed by atoms with Crippen LogP contribution >= 0.6 is 0 Å². The summed E-state index contributed by atoms with van der Waals surface area (Å²) in [7, 11) is 0. The zero-order chi connectivity index (χ0) is 24.5. The van der Waals surface area contributed by atoms with Crippen molar-refractivity contribution in [2.45, 2.75) is 62.7 Å². The van der Waals surface area contributed by atoms with Gasteiger partial charge in [0.15, 0.2) is 17.7 Å². The number of primary amides is 1. The number of piperidine rings is 3. The number of ether oxygens (including phenoxy) is 1. The topological polar surface area (TPSA) is 115 Å². The van der Waals surface area contributed by atoms with Gasteiger partial charge in [-0.1, -0.05) is 49.6 Å². The molecule has 4 aliphatic rings. The summed E-state index contributed by atoms with van der Waals surface area (Å²) < 4.78 is 6.64. The normalized spacial score (nSPS) is 29.2. The second-order valence-electron chi connectivity index (χ2n) is 10.6. The van der Waals surface area contributed by atoms with E-state index in [1.807, 2.05) is 30.3 Å². The Morgan fingerprint density at radius 1 is 1.03 bits per heavy atom. The lowest BCUT2D eigenvalue weighted by Gasteiger charge is -2.54. The van der Waals surface area contributed by atoms with E-state index in [0.717, 1.165) is 58.0 Å². The Labute approximate surface area is 206 Å². The van der Waals surface area contributed by atoms with Crippen molar-refractivity contribution < 1.29 is 23.9 Å². The molecule has 1 amide bonds. The van der Waals surface area contributed by atoms with Crippen molar-refractivity contribution in [1.29, 1.82) is 0 Å². The highest BCUT2D eigenvalue weighted by atomic mass is 16.6. The van der Waals surface area contributed by atoms with E-state index in [-0.39, 0.29) is 17.9 Å². The second kappa shape index (κ2) is 9.66. The van der Waals surface area contributed by atoms with Crippen LogP contribution in [0, 0.1) is 11.8 Å². The van der Waals surface area contributed by atoms with Crippen LogP contribution in [0.25, 0.3) is 0 Å². The van der Waals surface area contributed by atoms with Gasteiger partial charge >= 0.3 is 5.97 Å². The molecule has 1 saturated carbocycles. The molecule has 4 fully saturated rings. The number of nitrogens with two attached hydrogens (primary N) is 1. The molecule has 186 valence electrons. The van der Waals surface area contributed by atoms with E-state index >= 15 is 0 Å². The minimum absolute atomic E-state index is 0.171. The summed E-state index contributed by atoms with van der Waals surface area (Å²) in [5.74, 6) is -0.944. The monoisotopic (exact) mass is 479 g/mol. The van der Waals surface area contributed by atoms with Crippen LogP contribution < -0.4 is 5.73 Å². The lowest BCUT2D eigenvalue weighted by atomic mass is 9.73. The van der Waals surface area contributed by atoms with Gasteiger partial charge in [-0.15, -0.1) is 0 Å². The first-order valence-corrected chi connectivity index (χ1v) is 12.8. The molecule has 0 radical (unpaired) electrons. The van der Waals surface area contributed by atoms with E-state index in [9.17, 15) is 14.7 Å². The van der Waals surface area contributed by atoms with Crippen LogP contribution in [0.3, 0.4) is 0 Å². The number of aliphatic hydroxyl groups is 1. The molecule has 1 aromatic carbocycles. The molecule has 3 N–H and O–H groups in total. The molecule has 2 aromatic rings. The number of amides is 1. The fourth-order valence-corrected chi connectivity index (χ4v) is 6.82.